The lowest BCUT2D eigenvalue weighted by Crippen LogP contribution is -2.38. The standard InChI is InChI=1S/C26H38/c1-17-15-18(16-23(17)25(2,3)4)26(5,6)24-21-13-9-7-11-19(21)20-12-8-10-14-22(20)24/h7-14,17-24H,15-16H2,1-6H3/t17-,18?,19-,20+,21?,22?,23+,24?/m1/s1. The van der Waals surface area contributed by atoms with Crippen molar-refractivity contribution in [2.24, 2.45) is 58.2 Å². The molecule has 8 atom stereocenters. The van der Waals surface area contributed by atoms with Gasteiger partial charge in [0.2, 0.25) is 0 Å². The number of hydrogen-bond donors (Lipinski definition) is 0. The molecule has 4 rings (SSSR count). The molecular formula is C26H38. The Bertz CT molecular complexity index is 616. The summed E-state index contributed by atoms with van der Waals surface area (Å²) >= 11 is 0. The average Bonchev–Trinajstić information content (AvgIpc) is 3.13. The van der Waals surface area contributed by atoms with E-state index in [1.165, 1.54) is 12.8 Å². The van der Waals surface area contributed by atoms with Crippen LogP contribution in [-0.2, 0) is 0 Å². The van der Waals surface area contributed by atoms with Gasteiger partial charge in [0.1, 0.15) is 0 Å². The van der Waals surface area contributed by atoms with Crippen molar-refractivity contribution in [3.05, 3.63) is 48.6 Å². The van der Waals surface area contributed by atoms with Crippen LogP contribution in [0.3, 0.4) is 0 Å². The molecular weight excluding hydrogens is 312 g/mol. The molecule has 0 aromatic carbocycles. The van der Waals surface area contributed by atoms with Gasteiger partial charge in [-0.15, -0.1) is 0 Å². The molecule has 4 unspecified atom stereocenters. The highest BCUT2D eigenvalue weighted by atomic mass is 14.6. The zero-order chi connectivity index (χ0) is 18.7. The van der Waals surface area contributed by atoms with Gasteiger partial charge in [-0.1, -0.05) is 90.2 Å². The molecule has 0 aromatic rings. The lowest BCUT2D eigenvalue weighted by Gasteiger charge is -2.44. The average molecular weight is 351 g/mol. The van der Waals surface area contributed by atoms with Crippen LogP contribution in [0.5, 0.6) is 0 Å². The molecule has 0 saturated heterocycles. The van der Waals surface area contributed by atoms with Crippen molar-refractivity contribution in [2.75, 3.05) is 0 Å². The van der Waals surface area contributed by atoms with E-state index in [0.29, 0.717) is 34.5 Å². The van der Waals surface area contributed by atoms with E-state index >= 15 is 0 Å². The Kier molecular flexibility index (Phi) is 4.41. The van der Waals surface area contributed by atoms with Gasteiger partial charge in [-0.25, -0.2) is 0 Å². The summed E-state index contributed by atoms with van der Waals surface area (Å²) in [5, 5.41) is 0. The van der Waals surface area contributed by atoms with Gasteiger partial charge in [-0.3, -0.25) is 0 Å². The quantitative estimate of drug-likeness (QED) is 0.499. The van der Waals surface area contributed by atoms with E-state index in [1.807, 2.05) is 0 Å². The number of fused-ring (bicyclic) bond motifs is 3. The van der Waals surface area contributed by atoms with Gasteiger partial charge in [0.25, 0.3) is 0 Å². The van der Waals surface area contributed by atoms with Crippen LogP contribution in [0.1, 0.15) is 54.4 Å². The number of allylic oxidation sites excluding steroid dienone is 8. The third kappa shape index (κ3) is 2.79. The van der Waals surface area contributed by atoms with E-state index in [-0.39, 0.29) is 0 Å². The van der Waals surface area contributed by atoms with Gasteiger partial charge < -0.3 is 0 Å². The van der Waals surface area contributed by atoms with Crippen LogP contribution in [0.15, 0.2) is 48.6 Å². The first-order chi connectivity index (χ1) is 12.2. The zero-order valence-electron chi connectivity index (χ0n) is 17.7. The fraction of sp³-hybridized carbons (Fsp3) is 0.692. The first-order valence-electron chi connectivity index (χ1n) is 10.9. The van der Waals surface area contributed by atoms with Gasteiger partial charge >= 0.3 is 0 Å². The molecule has 4 aliphatic carbocycles. The Hall–Kier alpha value is -1.04. The molecule has 2 saturated carbocycles. The molecule has 0 spiro atoms. The van der Waals surface area contributed by atoms with E-state index < -0.39 is 0 Å². The molecule has 0 bridgehead atoms. The van der Waals surface area contributed by atoms with Crippen molar-refractivity contribution < 1.29 is 0 Å². The fourth-order valence-corrected chi connectivity index (χ4v) is 7.35. The van der Waals surface area contributed by atoms with Crippen LogP contribution < -0.4 is 0 Å². The lowest BCUT2D eigenvalue weighted by atomic mass is 9.61. The fourth-order valence-electron chi connectivity index (χ4n) is 7.35. The lowest BCUT2D eigenvalue weighted by molar-refractivity contribution is 0.0680. The van der Waals surface area contributed by atoms with Gasteiger partial charge in [0, 0.05) is 0 Å². The molecule has 0 aromatic heterocycles. The topological polar surface area (TPSA) is 0 Å². The summed E-state index contributed by atoms with van der Waals surface area (Å²) in [6, 6.07) is 0. The first-order valence-corrected chi connectivity index (χ1v) is 10.9. The van der Waals surface area contributed by atoms with E-state index in [0.717, 1.165) is 23.7 Å². The van der Waals surface area contributed by atoms with Crippen LogP contribution in [0.25, 0.3) is 0 Å². The number of hydrogen-bond acceptors (Lipinski definition) is 0. The van der Waals surface area contributed by atoms with Crippen LogP contribution in [0.2, 0.25) is 0 Å². The first kappa shape index (κ1) is 18.3. The predicted molar refractivity (Wildman–Crippen MR) is 113 cm³/mol. The van der Waals surface area contributed by atoms with E-state index in [9.17, 15) is 0 Å². The third-order valence-electron chi connectivity index (χ3n) is 8.62. The molecule has 0 N–H and O–H groups in total. The molecule has 142 valence electrons. The Morgan fingerprint density at radius 1 is 0.654 bits per heavy atom. The third-order valence-corrected chi connectivity index (χ3v) is 8.62. The van der Waals surface area contributed by atoms with Crippen LogP contribution in [0, 0.1) is 58.2 Å². The second kappa shape index (κ2) is 6.25. The molecule has 0 radical (unpaired) electrons. The van der Waals surface area contributed by atoms with Gasteiger partial charge in [0.15, 0.2) is 0 Å². The maximum Gasteiger partial charge on any atom is -0.00954 e. The second-order valence-corrected chi connectivity index (χ2v) is 11.3. The number of rotatable bonds is 2. The summed E-state index contributed by atoms with van der Waals surface area (Å²) in [6.45, 7) is 15.1. The largest absolute Gasteiger partial charge is 0.0805 e. The van der Waals surface area contributed by atoms with Crippen molar-refractivity contribution in [2.45, 2.75) is 54.4 Å². The minimum atomic E-state index is 0.391. The second-order valence-electron chi connectivity index (χ2n) is 11.3. The van der Waals surface area contributed by atoms with Crippen molar-refractivity contribution in [3.8, 4) is 0 Å². The summed E-state index contributed by atoms with van der Waals surface area (Å²) < 4.78 is 0. The van der Waals surface area contributed by atoms with Gasteiger partial charge in [-0.05, 0) is 71.0 Å². The van der Waals surface area contributed by atoms with Crippen molar-refractivity contribution in [3.63, 3.8) is 0 Å². The smallest absolute Gasteiger partial charge is 0.00954 e. The molecule has 4 aliphatic rings. The summed E-state index contributed by atoms with van der Waals surface area (Å²) in [6.07, 6.45) is 22.1. The minimum absolute atomic E-state index is 0.391. The Balaban J connectivity index is 1.65. The van der Waals surface area contributed by atoms with Crippen LogP contribution >= 0.6 is 0 Å². The summed E-state index contributed by atoms with van der Waals surface area (Å²) in [4.78, 5) is 0. The predicted octanol–water partition coefficient (Wildman–Crippen LogP) is 7.07. The molecule has 0 nitrogen and oxygen atoms in total. The van der Waals surface area contributed by atoms with Gasteiger partial charge in [-0.2, -0.15) is 0 Å². The maximum atomic E-state index is 2.61. The molecule has 0 aliphatic heterocycles. The van der Waals surface area contributed by atoms with Crippen molar-refractivity contribution in [1.82, 2.24) is 0 Å². The summed E-state index contributed by atoms with van der Waals surface area (Å²) in [5.74, 6) is 6.16. The molecule has 0 heteroatoms. The zero-order valence-corrected chi connectivity index (χ0v) is 17.7. The highest BCUT2D eigenvalue weighted by Crippen LogP contribution is 2.62. The minimum Gasteiger partial charge on any atom is -0.0805 e. The SMILES string of the molecule is C[C@@H]1CC(C(C)(C)C2C3C=CC=C[C@H]3[C@H]3C=CC=CC23)C[C@@H]1C(C)(C)C. The van der Waals surface area contributed by atoms with Crippen molar-refractivity contribution in [1.29, 1.82) is 0 Å². The maximum absolute atomic E-state index is 2.61. The monoisotopic (exact) mass is 350 g/mol. The van der Waals surface area contributed by atoms with Crippen LogP contribution in [0.4, 0.5) is 0 Å². The highest BCUT2D eigenvalue weighted by Gasteiger charge is 2.56. The Morgan fingerprint density at radius 2 is 1.12 bits per heavy atom. The Labute approximate surface area is 161 Å². The van der Waals surface area contributed by atoms with Gasteiger partial charge in [0.05, 0.1) is 0 Å². The summed E-state index contributed by atoms with van der Waals surface area (Å²) in [7, 11) is 0. The molecule has 0 amide bonds. The van der Waals surface area contributed by atoms with E-state index in [2.05, 4.69) is 90.2 Å². The van der Waals surface area contributed by atoms with E-state index in [4.69, 9.17) is 0 Å². The molecule has 26 heavy (non-hydrogen) atoms. The van der Waals surface area contributed by atoms with Crippen molar-refractivity contribution >= 4 is 0 Å². The van der Waals surface area contributed by atoms with Crippen LogP contribution in [-0.4, -0.2) is 0 Å². The highest BCUT2D eigenvalue weighted by molar-refractivity contribution is 5.29. The normalized spacial score (nSPS) is 44.4. The molecule has 0 heterocycles. The summed E-state index contributed by atoms with van der Waals surface area (Å²) in [5.41, 5.74) is 0.827. The Morgan fingerprint density at radius 3 is 1.54 bits per heavy atom. The van der Waals surface area contributed by atoms with E-state index in [1.54, 1.807) is 0 Å². The molecule has 2 fully saturated rings.